The van der Waals surface area contributed by atoms with Gasteiger partial charge in [-0.15, -0.1) is 15.0 Å². The number of ether oxygens (including phenoxy) is 2. The lowest BCUT2D eigenvalue weighted by Gasteiger charge is -2.34. The summed E-state index contributed by atoms with van der Waals surface area (Å²) in [6, 6.07) is 39.1. The number of phenolic OH excluding ortho intramolecular Hbond substituents is 1. The van der Waals surface area contributed by atoms with Gasteiger partial charge in [-0.2, -0.15) is 0 Å². The zero-order valence-electron chi connectivity index (χ0n) is 38.2. The summed E-state index contributed by atoms with van der Waals surface area (Å²) < 4.78 is 17.7. The molecule has 4 heterocycles. The first-order chi connectivity index (χ1) is 32.7. The Morgan fingerprint density at radius 1 is 0.721 bits per heavy atom. The number of aryl methyl sites for hydroxylation is 1. The van der Waals surface area contributed by atoms with Crippen LogP contribution in [-0.4, -0.2) is 68.9 Å². The van der Waals surface area contributed by atoms with Crippen molar-refractivity contribution in [2.45, 2.75) is 33.5 Å². The molecule has 0 unspecified atom stereocenters. The molecule has 0 atom stereocenters. The van der Waals surface area contributed by atoms with E-state index in [1.165, 1.54) is 17.8 Å². The number of aromatic nitrogens is 4. The van der Waals surface area contributed by atoms with Gasteiger partial charge in [0.1, 0.15) is 28.0 Å². The average molecular weight is 910 g/mol. The molecule has 68 heavy (non-hydrogen) atoms. The topological polar surface area (TPSA) is 178 Å². The van der Waals surface area contributed by atoms with Gasteiger partial charge in [-0.05, 0) is 135 Å². The number of phenols is 1. The number of rotatable bonds is 9. The van der Waals surface area contributed by atoms with Crippen molar-refractivity contribution in [3.05, 3.63) is 177 Å². The number of anilines is 2. The number of esters is 2. The molecule has 0 amide bonds. The molecule has 1 saturated heterocycles. The number of hydrogen-bond acceptors (Lipinski definition) is 13. The van der Waals surface area contributed by atoms with Crippen LogP contribution in [0, 0.1) is 6.92 Å². The van der Waals surface area contributed by atoms with E-state index in [9.17, 15) is 24.6 Å². The molecule has 8 aromatic rings. The Labute approximate surface area is 390 Å². The normalized spacial score (nSPS) is 15.1. The zero-order chi connectivity index (χ0) is 47.9. The Hall–Kier alpha value is -8.72. The van der Waals surface area contributed by atoms with Crippen LogP contribution in [0.5, 0.6) is 11.6 Å². The van der Waals surface area contributed by atoms with Gasteiger partial charge in [-0.25, -0.2) is 23.9 Å². The molecule has 15 nitrogen and oxygen atoms in total. The molecule has 10 rings (SSSR count). The maximum absolute atomic E-state index is 13.0. The summed E-state index contributed by atoms with van der Waals surface area (Å²) in [5.41, 5.74) is 8.40. The molecule has 0 radical (unpaired) electrons. The first kappa shape index (κ1) is 44.5. The van der Waals surface area contributed by atoms with Crippen LogP contribution in [0.1, 0.15) is 43.2 Å². The standard InChI is InChI=1S/C29H28N4O5.C24H19N3O3/c1-5-32(6-2)21-13-11-20(12-14-21)29(4)37-27(35)22(28(36)38-29)17-19-15-18(3)16-25(26(19)34)33-30-23-9-7-8-10-24(23)31-33;1-26(2)16-8-10-17(11-9-16)27-23(28)22(30-24(27)29)14-15-7-12-21-19(13-15)18-5-3-4-6-20(18)25-21/h7-17,34H,5-6H2,1-4H3;3-14,28H,1-2H3. The number of para-hydroxylation sites is 1. The number of hydrogen-bond donors (Lipinski definition) is 2. The number of carbonyl (C=O) groups is 2. The van der Waals surface area contributed by atoms with Crippen molar-refractivity contribution < 1.29 is 33.7 Å². The number of carbonyl (C=O) groups excluding carboxylic acids is 2. The van der Waals surface area contributed by atoms with Crippen molar-refractivity contribution in [3.63, 3.8) is 0 Å². The van der Waals surface area contributed by atoms with Crippen molar-refractivity contribution in [2.75, 3.05) is 37.0 Å². The monoisotopic (exact) mass is 909 g/mol. The van der Waals surface area contributed by atoms with Crippen LogP contribution in [0.4, 0.5) is 17.1 Å². The van der Waals surface area contributed by atoms with Crippen molar-refractivity contribution in [2.24, 2.45) is 4.99 Å². The Balaban J connectivity index is 0.000000174. The van der Waals surface area contributed by atoms with Gasteiger partial charge in [0.05, 0.1) is 16.7 Å². The minimum absolute atomic E-state index is 0.111. The minimum Gasteiger partial charge on any atom is -0.505 e. The number of oxazole rings is 1. The summed E-state index contributed by atoms with van der Waals surface area (Å²) >= 11 is 0. The van der Waals surface area contributed by atoms with Gasteiger partial charge >= 0.3 is 17.7 Å². The first-order valence-corrected chi connectivity index (χ1v) is 22.0. The van der Waals surface area contributed by atoms with Crippen molar-refractivity contribution >= 4 is 52.2 Å². The third-order valence-electron chi connectivity index (χ3n) is 11.8. The quantitative estimate of drug-likeness (QED) is 0.0825. The highest BCUT2D eigenvalue weighted by Gasteiger charge is 2.44. The van der Waals surface area contributed by atoms with E-state index in [2.05, 4.69) is 33.9 Å². The number of aromatic hydroxyl groups is 2. The lowest BCUT2D eigenvalue weighted by Crippen LogP contribution is -2.42. The SMILES string of the molecule is CCN(CC)c1ccc(C2(C)OC(=O)C(=Cc3cc(C)cc(-n4nc5ccccc5n4)c3O)C(=O)O2)cc1.CN(C)c1ccc(-n2c(O)c(C=c3ccc4c(c3)-c3ccccc3N=4)oc2=O)cc1. The molecule has 0 aliphatic carbocycles. The van der Waals surface area contributed by atoms with Crippen LogP contribution in [-0.2, 0) is 24.8 Å². The highest BCUT2D eigenvalue weighted by atomic mass is 16.7. The van der Waals surface area contributed by atoms with Crippen LogP contribution in [0.25, 0.3) is 45.7 Å². The number of nitrogens with zero attached hydrogens (tertiary/aromatic N) is 7. The molecule has 6 aromatic carbocycles. The van der Waals surface area contributed by atoms with Crippen LogP contribution in [0.15, 0.2) is 147 Å². The molecular weight excluding hydrogens is 863 g/mol. The molecule has 15 heteroatoms. The molecule has 0 spiro atoms. The summed E-state index contributed by atoms with van der Waals surface area (Å²) in [5, 5.41) is 32.2. The van der Waals surface area contributed by atoms with E-state index in [0.717, 1.165) is 62.0 Å². The molecule has 1 fully saturated rings. The molecule has 2 N–H and O–H groups in total. The van der Waals surface area contributed by atoms with E-state index < -0.39 is 23.5 Å². The molecule has 2 aromatic heterocycles. The predicted molar refractivity (Wildman–Crippen MR) is 259 cm³/mol. The lowest BCUT2D eigenvalue weighted by atomic mass is 10.0. The Morgan fingerprint density at radius 2 is 1.35 bits per heavy atom. The van der Waals surface area contributed by atoms with E-state index in [4.69, 9.17) is 13.9 Å². The summed E-state index contributed by atoms with van der Waals surface area (Å²) in [6.07, 6.45) is 2.92. The second-order valence-corrected chi connectivity index (χ2v) is 16.6. The van der Waals surface area contributed by atoms with Crippen LogP contribution >= 0.6 is 0 Å². The fraction of sp³-hybridized carbons (Fsp3) is 0.170. The third-order valence-corrected chi connectivity index (χ3v) is 11.8. The van der Waals surface area contributed by atoms with Gasteiger partial charge in [0, 0.05) is 67.7 Å². The van der Waals surface area contributed by atoms with Gasteiger partial charge in [-0.1, -0.05) is 36.4 Å². The molecule has 2 aliphatic heterocycles. The second-order valence-electron chi connectivity index (χ2n) is 16.6. The van der Waals surface area contributed by atoms with E-state index in [1.54, 1.807) is 42.5 Å². The Bertz CT molecular complexity index is 3420. The van der Waals surface area contributed by atoms with Crippen molar-refractivity contribution in [3.8, 4) is 34.1 Å². The lowest BCUT2D eigenvalue weighted by molar-refractivity contribution is -0.233. The van der Waals surface area contributed by atoms with Gasteiger partial charge in [0.2, 0.25) is 5.88 Å². The summed E-state index contributed by atoms with van der Waals surface area (Å²) in [4.78, 5) is 48.5. The fourth-order valence-corrected chi connectivity index (χ4v) is 8.18. The van der Waals surface area contributed by atoms with E-state index >= 15 is 0 Å². The highest BCUT2D eigenvalue weighted by Crippen LogP contribution is 2.37. The largest absolute Gasteiger partial charge is 0.505 e. The van der Waals surface area contributed by atoms with Gasteiger partial charge < -0.3 is 33.9 Å². The smallest absolute Gasteiger partial charge is 0.427 e. The fourth-order valence-electron chi connectivity index (χ4n) is 8.18. The zero-order valence-corrected chi connectivity index (χ0v) is 38.2. The van der Waals surface area contributed by atoms with Gasteiger partial charge in [-0.3, -0.25) is 0 Å². The van der Waals surface area contributed by atoms with Gasteiger partial charge in [0.15, 0.2) is 5.76 Å². The van der Waals surface area contributed by atoms with Crippen molar-refractivity contribution in [1.29, 1.82) is 0 Å². The second kappa shape index (κ2) is 17.9. The number of cyclic esters (lactones) is 2. The van der Waals surface area contributed by atoms with E-state index in [0.29, 0.717) is 28.0 Å². The molecular formula is C53H47N7O8. The third kappa shape index (κ3) is 8.48. The maximum atomic E-state index is 13.0. The van der Waals surface area contributed by atoms with Gasteiger partial charge in [0.25, 0.3) is 5.79 Å². The van der Waals surface area contributed by atoms with Crippen LogP contribution in [0.2, 0.25) is 0 Å². The molecule has 0 saturated carbocycles. The van der Waals surface area contributed by atoms with E-state index in [1.807, 2.05) is 117 Å². The molecule has 342 valence electrons. The Kier molecular flexibility index (Phi) is 11.7. The minimum atomic E-state index is -1.58. The molecule has 0 bridgehead atoms. The number of benzene rings is 6. The molecule has 2 aliphatic rings. The van der Waals surface area contributed by atoms with Crippen LogP contribution < -0.4 is 26.1 Å². The average Bonchev–Trinajstić information content (AvgIpc) is 4.01. The highest BCUT2D eigenvalue weighted by molar-refractivity contribution is 6.19. The summed E-state index contributed by atoms with van der Waals surface area (Å²) in [7, 11) is 3.87. The van der Waals surface area contributed by atoms with Crippen molar-refractivity contribution in [1.82, 2.24) is 19.6 Å². The Morgan fingerprint density at radius 3 is 2.00 bits per heavy atom. The first-order valence-electron chi connectivity index (χ1n) is 22.0. The van der Waals surface area contributed by atoms with Crippen LogP contribution in [0.3, 0.4) is 0 Å². The predicted octanol–water partition coefficient (Wildman–Crippen LogP) is 7.60. The number of fused-ring (bicyclic) bond motifs is 4. The summed E-state index contributed by atoms with van der Waals surface area (Å²) in [6.45, 7) is 9.20. The maximum Gasteiger partial charge on any atom is 0.427 e. The summed E-state index contributed by atoms with van der Waals surface area (Å²) in [5.74, 6) is -4.22. The van der Waals surface area contributed by atoms with E-state index in [-0.39, 0.29) is 28.5 Å².